The molecule has 0 atom stereocenters. The normalized spacial score (nSPS) is 10.6. The molecule has 2 N–H and O–H groups in total. The smallest absolute Gasteiger partial charge is 0.336 e. The van der Waals surface area contributed by atoms with Gasteiger partial charge >= 0.3 is 11.9 Å². The van der Waals surface area contributed by atoms with E-state index in [4.69, 9.17) is 21.8 Å². The molecular formula is C11H9ClO4. The van der Waals surface area contributed by atoms with E-state index in [2.05, 4.69) is 0 Å². The molecule has 0 heterocycles. The Bertz CT molecular complexity index is 451. The Morgan fingerprint density at radius 2 is 2.00 bits per heavy atom. The van der Waals surface area contributed by atoms with Crippen molar-refractivity contribution in [2.75, 3.05) is 0 Å². The average Bonchev–Trinajstić information content (AvgIpc) is 2.16. The van der Waals surface area contributed by atoms with Crippen LogP contribution in [0.2, 0.25) is 5.02 Å². The molecule has 0 fully saturated rings. The third-order valence-electron chi connectivity index (χ3n) is 1.83. The number of aliphatic carboxylic acids is 1. The summed E-state index contributed by atoms with van der Waals surface area (Å²) in [6, 6.07) is 4.33. The lowest BCUT2D eigenvalue weighted by molar-refractivity contribution is -0.135. The molecule has 0 aliphatic carbocycles. The molecule has 0 bridgehead atoms. The van der Waals surface area contributed by atoms with Gasteiger partial charge < -0.3 is 10.2 Å². The third kappa shape index (κ3) is 3.40. The lowest BCUT2D eigenvalue weighted by Crippen LogP contribution is -1.99. The number of hydrogen-bond donors (Lipinski definition) is 2. The summed E-state index contributed by atoms with van der Waals surface area (Å²) >= 11 is 5.72. The van der Waals surface area contributed by atoms with Gasteiger partial charge in [0.25, 0.3) is 0 Å². The largest absolute Gasteiger partial charge is 0.481 e. The number of rotatable bonds is 4. The van der Waals surface area contributed by atoms with Crippen LogP contribution < -0.4 is 0 Å². The van der Waals surface area contributed by atoms with E-state index in [1.54, 1.807) is 0 Å². The second-order valence-corrected chi connectivity index (χ2v) is 3.47. The number of carboxylic acid groups (broad SMARTS) is 2. The third-order valence-corrected chi connectivity index (χ3v) is 2.07. The van der Waals surface area contributed by atoms with Gasteiger partial charge in [0.15, 0.2) is 0 Å². The molecule has 5 heteroatoms. The summed E-state index contributed by atoms with van der Waals surface area (Å²) < 4.78 is 0. The van der Waals surface area contributed by atoms with Crippen molar-refractivity contribution >= 4 is 29.6 Å². The van der Waals surface area contributed by atoms with Crippen LogP contribution in [0, 0.1) is 0 Å². The van der Waals surface area contributed by atoms with Crippen molar-refractivity contribution in [3.8, 4) is 0 Å². The molecule has 0 spiro atoms. The first-order chi connectivity index (χ1) is 7.50. The highest BCUT2D eigenvalue weighted by Crippen LogP contribution is 2.17. The lowest BCUT2D eigenvalue weighted by atomic mass is 10.1. The first kappa shape index (κ1) is 12.3. The first-order valence-corrected chi connectivity index (χ1v) is 4.79. The quantitative estimate of drug-likeness (QED) is 0.848. The van der Waals surface area contributed by atoms with E-state index in [1.165, 1.54) is 30.4 Å². The van der Waals surface area contributed by atoms with Gasteiger partial charge in [0.05, 0.1) is 12.0 Å². The van der Waals surface area contributed by atoms with Gasteiger partial charge in [-0.05, 0) is 23.8 Å². The molecular weight excluding hydrogens is 232 g/mol. The summed E-state index contributed by atoms with van der Waals surface area (Å²) in [5, 5.41) is 17.7. The Hall–Kier alpha value is -1.81. The highest BCUT2D eigenvalue weighted by molar-refractivity contribution is 6.30. The maximum Gasteiger partial charge on any atom is 0.336 e. The standard InChI is InChI=1S/C11H9ClO4/c12-8-4-5-9(11(15)16)7(6-8)2-1-3-10(13)14/h1-2,4-6H,3H2,(H,13,14)(H,15,16). The minimum atomic E-state index is -1.08. The number of aromatic carboxylic acids is 1. The molecule has 1 aromatic rings. The van der Waals surface area contributed by atoms with Crippen LogP contribution in [0.5, 0.6) is 0 Å². The van der Waals surface area contributed by atoms with E-state index in [1.807, 2.05) is 0 Å². The van der Waals surface area contributed by atoms with Crippen molar-refractivity contribution in [2.24, 2.45) is 0 Å². The molecule has 0 saturated heterocycles. The Kier molecular flexibility index (Phi) is 4.08. The number of halogens is 1. The van der Waals surface area contributed by atoms with Crippen LogP contribution in [0.3, 0.4) is 0 Å². The van der Waals surface area contributed by atoms with Crippen LogP contribution in [-0.4, -0.2) is 22.2 Å². The van der Waals surface area contributed by atoms with Crippen LogP contribution in [0.4, 0.5) is 0 Å². The van der Waals surface area contributed by atoms with Crippen molar-refractivity contribution < 1.29 is 19.8 Å². The van der Waals surface area contributed by atoms with E-state index in [-0.39, 0.29) is 12.0 Å². The van der Waals surface area contributed by atoms with Gasteiger partial charge in [-0.3, -0.25) is 4.79 Å². The average molecular weight is 241 g/mol. The fourth-order valence-corrected chi connectivity index (χ4v) is 1.33. The highest BCUT2D eigenvalue weighted by Gasteiger charge is 2.07. The zero-order chi connectivity index (χ0) is 12.1. The van der Waals surface area contributed by atoms with Crippen molar-refractivity contribution in [1.82, 2.24) is 0 Å². The number of hydrogen-bond acceptors (Lipinski definition) is 2. The molecule has 0 radical (unpaired) electrons. The summed E-state index contributed by atoms with van der Waals surface area (Å²) in [6.45, 7) is 0. The highest BCUT2D eigenvalue weighted by atomic mass is 35.5. The monoisotopic (exact) mass is 240 g/mol. The van der Waals surface area contributed by atoms with Crippen LogP contribution in [0.1, 0.15) is 22.3 Å². The topological polar surface area (TPSA) is 74.6 Å². The molecule has 4 nitrogen and oxygen atoms in total. The lowest BCUT2D eigenvalue weighted by Gasteiger charge is -2.01. The van der Waals surface area contributed by atoms with E-state index >= 15 is 0 Å². The second-order valence-electron chi connectivity index (χ2n) is 3.04. The molecule has 0 unspecified atom stereocenters. The Morgan fingerprint density at radius 3 is 2.56 bits per heavy atom. The molecule has 1 aromatic carbocycles. The predicted octanol–water partition coefficient (Wildman–Crippen LogP) is 2.53. The fourth-order valence-electron chi connectivity index (χ4n) is 1.15. The number of carboxylic acids is 2. The van der Waals surface area contributed by atoms with Crippen LogP contribution in [0.25, 0.3) is 6.08 Å². The Morgan fingerprint density at radius 1 is 1.31 bits per heavy atom. The molecule has 84 valence electrons. The van der Waals surface area contributed by atoms with Crippen molar-refractivity contribution in [3.63, 3.8) is 0 Å². The SMILES string of the molecule is O=C(O)CC=Cc1cc(Cl)ccc1C(=O)O. The predicted molar refractivity (Wildman–Crippen MR) is 59.7 cm³/mol. The van der Waals surface area contributed by atoms with Crippen molar-refractivity contribution in [3.05, 3.63) is 40.4 Å². The van der Waals surface area contributed by atoms with Gasteiger partial charge in [-0.1, -0.05) is 23.8 Å². The number of benzene rings is 1. The molecule has 0 amide bonds. The minimum Gasteiger partial charge on any atom is -0.481 e. The van der Waals surface area contributed by atoms with Gasteiger partial charge in [0.2, 0.25) is 0 Å². The Balaban J connectivity index is 3.01. The molecule has 1 rings (SSSR count). The van der Waals surface area contributed by atoms with Gasteiger partial charge in [-0.25, -0.2) is 4.79 Å². The van der Waals surface area contributed by atoms with Crippen LogP contribution >= 0.6 is 11.6 Å². The molecule has 16 heavy (non-hydrogen) atoms. The van der Waals surface area contributed by atoms with E-state index < -0.39 is 11.9 Å². The summed E-state index contributed by atoms with van der Waals surface area (Å²) in [5.74, 6) is -2.05. The van der Waals surface area contributed by atoms with Crippen molar-refractivity contribution in [2.45, 2.75) is 6.42 Å². The van der Waals surface area contributed by atoms with Gasteiger partial charge in [0, 0.05) is 5.02 Å². The zero-order valence-electron chi connectivity index (χ0n) is 8.18. The maximum atomic E-state index is 10.8. The van der Waals surface area contributed by atoms with E-state index in [0.29, 0.717) is 10.6 Å². The van der Waals surface area contributed by atoms with Gasteiger partial charge in [0.1, 0.15) is 0 Å². The van der Waals surface area contributed by atoms with Gasteiger partial charge in [-0.2, -0.15) is 0 Å². The summed E-state index contributed by atoms with van der Waals surface area (Å²) in [7, 11) is 0. The minimum absolute atomic E-state index is 0.0889. The summed E-state index contributed by atoms with van der Waals surface area (Å²) in [6.07, 6.45) is 2.65. The maximum absolute atomic E-state index is 10.8. The zero-order valence-corrected chi connectivity index (χ0v) is 8.94. The summed E-state index contributed by atoms with van der Waals surface area (Å²) in [5.41, 5.74) is 0.479. The van der Waals surface area contributed by atoms with E-state index in [0.717, 1.165) is 0 Å². The first-order valence-electron chi connectivity index (χ1n) is 4.42. The second kappa shape index (κ2) is 5.32. The van der Waals surface area contributed by atoms with Gasteiger partial charge in [-0.15, -0.1) is 0 Å². The van der Waals surface area contributed by atoms with Crippen molar-refractivity contribution in [1.29, 1.82) is 0 Å². The molecule has 0 aliphatic rings. The molecule has 0 aromatic heterocycles. The number of carbonyl (C=O) groups is 2. The molecule has 0 saturated carbocycles. The molecule has 0 aliphatic heterocycles. The fraction of sp³-hybridized carbons (Fsp3) is 0.0909. The van der Waals surface area contributed by atoms with Crippen LogP contribution in [-0.2, 0) is 4.79 Å². The van der Waals surface area contributed by atoms with E-state index in [9.17, 15) is 9.59 Å². The summed E-state index contributed by atoms with van der Waals surface area (Å²) in [4.78, 5) is 21.1. The van der Waals surface area contributed by atoms with Crippen LogP contribution in [0.15, 0.2) is 24.3 Å². The Labute approximate surface area is 96.8 Å².